The van der Waals surface area contributed by atoms with Gasteiger partial charge in [0.05, 0.1) is 7.11 Å². The lowest BCUT2D eigenvalue weighted by Crippen LogP contribution is -2.25. The number of hydrogen-bond acceptors (Lipinski definition) is 4. The molecule has 1 heterocycles. The Morgan fingerprint density at radius 1 is 1.13 bits per heavy atom. The Bertz CT molecular complexity index is 1070. The lowest BCUT2D eigenvalue weighted by molar-refractivity contribution is 0.0950. The van der Waals surface area contributed by atoms with Crippen molar-refractivity contribution in [1.29, 1.82) is 0 Å². The maximum absolute atomic E-state index is 13.8. The number of carbonyl (C=O) groups excluding carboxylic acids is 1. The standard InChI is InChI=1S/C25H25FN2O3/c1-30-22-7-4-5-18(13-22)16-28-11-12-31-24-10-9-19(14-21(24)17-28)25(29)27-15-20-6-2-3-8-23(20)26/h2-10,13-14H,11-12,15-17H2,1H3,(H,27,29). The van der Waals surface area contributed by atoms with Gasteiger partial charge in [0.15, 0.2) is 0 Å². The normalized spacial score (nSPS) is 13.6. The van der Waals surface area contributed by atoms with Gasteiger partial charge in [-0.15, -0.1) is 0 Å². The first-order valence-corrected chi connectivity index (χ1v) is 10.2. The second-order valence-corrected chi connectivity index (χ2v) is 7.51. The fourth-order valence-electron chi connectivity index (χ4n) is 3.67. The van der Waals surface area contributed by atoms with Crippen molar-refractivity contribution in [3.63, 3.8) is 0 Å². The van der Waals surface area contributed by atoms with E-state index in [1.165, 1.54) is 6.07 Å². The molecule has 31 heavy (non-hydrogen) atoms. The van der Waals surface area contributed by atoms with E-state index >= 15 is 0 Å². The summed E-state index contributed by atoms with van der Waals surface area (Å²) in [6.45, 7) is 2.92. The van der Waals surface area contributed by atoms with Gasteiger partial charge in [-0.05, 0) is 42.0 Å². The predicted molar refractivity (Wildman–Crippen MR) is 117 cm³/mol. The SMILES string of the molecule is COc1cccc(CN2CCOc3ccc(C(=O)NCc4ccccc4F)cc3C2)c1. The Morgan fingerprint density at radius 3 is 2.84 bits per heavy atom. The molecule has 4 rings (SSSR count). The quantitative estimate of drug-likeness (QED) is 0.651. The predicted octanol–water partition coefficient (Wildman–Crippen LogP) is 4.16. The van der Waals surface area contributed by atoms with E-state index in [-0.39, 0.29) is 18.3 Å². The first-order valence-electron chi connectivity index (χ1n) is 10.2. The van der Waals surface area contributed by atoms with Gasteiger partial charge in [-0.3, -0.25) is 9.69 Å². The number of methoxy groups -OCH3 is 1. The summed E-state index contributed by atoms with van der Waals surface area (Å²) in [6.07, 6.45) is 0. The van der Waals surface area contributed by atoms with E-state index in [9.17, 15) is 9.18 Å². The second-order valence-electron chi connectivity index (χ2n) is 7.51. The highest BCUT2D eigenvalue weighted by Crippen LogP contribution is 2.26. The highest BCUT2D eigenvalue weighted by molar-refractivity contribution is 5.94. The van der Waals surface area contributed by atoms with Gasteiger partial charge >= 0.3 is 0 Å². The molecule has 0 fully saturated rings. The van der Waals surface area contributed by atoms with E-state index < -0.39 is 0 Å². The number of fused-ring (bicyclic) bond motifs is 1. The molecule has 0 saturated carbocycles. The molecule has 1 aliphatic rings. The average Bonchev–Trinajstić information content (AvgIpc) is 2.99. The minimum atomic E-state index is -0.327. The summed E-state index contributed by atoms with van der Waals surface area (Å²) in [5.41, 5.74) is 3.10. The summed E-state index contributed by atoms with van der Waals surface area (Å²) in [4.78, 5) is 14.9. The van der Waals surface area contributed by atoms with Crippen LogP contribution >= 0.6 is 0 Å². The number of benzene rings is 3. The molecule has 3 aromatic carbocycles. The summed E-state index contributed by atoms with van der Waals surface area (Å²) < 4.78 is 25.0. The van der Waals surface area contributed by atoms with E-state index in [1.807, 2.05) is 30.3 Å². The lowest BCUT2D eigenvalue weighted by Gasteiger charge is -2.20. The van der Waals surface area contributed by atoms with Crippen LogP contribution in [0, 0.1) is 5.82 Å². The first kappa shape index (κ1) is 20.9. The Balaban J connectivity index is 1.45. The Hall–Kier alpha value is -3.38. The van der Waals surface area contributed by atoms with Gasteiger partial charge in [-0.25, -0.2) is 4.39 Å². The molecule has 0 aliphatic carbocycles. The van der Waals surface area contributed by atoms with Crippen LogP contribution in [0.1, 0.15) is 27.0 Å². The molecule has 1 aliphatic heterocycles. The zero-order valence-corrected chi connectivity index (χ0v) is 17.4. The number of hydrogen-bond donors (Lipinski definition) is 1. The third-order valence-electron chi connectivity index (χ3n) is 5.32. The van der Waals surface area contributed by atoms with Gasteiger partial charge in [0.25, 0.3) is 5.91 Å². The van der Waals surface area contributed by atoms with Crippen LogP contribution in [0.4, 0.5) is 4.39 Å². The molecule has 1 N–H and O–H groups in total. The number of nitrogens with one attached hydrogen (secondary N) is 1. The van der Waals surface area contributed by atoms with Crippen molar-refractivity contribution in [2.45, 2.75) is 19.6 Å². The molecule has 160 valence electrons. The van der Waals surface area contributed by atoms with Crippen molar-refractivity contribution in [3.05, 3.63) is 94.8 Å². The molecule has 0 spiro atoms. The molecule has 0 bridgehead atoms. The molecule has 6 heteroatoms. The van der Waals surface area contributed by atoms with Crippen LogP contribution in [0.25, 0.3) is 0 Å². The maximum atomic E-state index is 13.8. The summed E-state index contributed by atoms with van der Waals surface area (Å²) in [5, 5.41) is 2.79. The van der Waals surface area contributed by atoms with Crippen LogP contribution in [0.5, 0.6) is 11.5 Å². The number of rotatable bonds is 6. The second kappa shape index (κ2) is 9.62. The Kier molecular flexibility index (Phi) is 6.48. The van der Waals surface area contributed by atoms with E-state index in [4.69, 9.17) is 9.47 Å². The van der Waals surface area contributed by atoms with Gasteiger partial charge in [0, 0.05) is 42.9 Å². The summed E-state index contributed by atoms with van der Waals surface area (Å²) in [7, 11) is 1.66. The van der Waals surface area contributed by atoms with E-state index in [2.05, 4.69) is 16.3 Å². The molecular weight excluding hydrogens is 395 g/mol. The van der Waals surface area contributed by atoms with Crippen LogP contribution in [0.15, 0.2) is 66.7 Å². The number of halogens is 1. The summed E-state index contributed by atoms with van der Waals surface area (Å²) in [6, 6.07) is 19.9. The van der Waals surface area contributed by atoms with Crippen molar-refractivity contribution >= 4 is 5.91 Å². The van der Waals surface area contributed by atoms with Crippen LogP contribution in [0.2, 0.25) is 0 Å². The van der Waals surface area contributed by atoms with Gasteiger partial charge in [-0.2, -0.15) is 0 Å². The van der Waals surface area contributed by atoms with E-state index in [0.29, 0.717) is 24.3 Å². The topological polar surface area (TPSA) is 50.8 Å². The largest absolute Gasteiger partial charge is 0.497 e. The van der Waals surface area contributed by atoms with Gasteiger partial charge in [-0.1, -0.05) is 30.3 Å². The third-order valence-corrected chi connectivity index (χ3v) is 5.32. The summed E-state index contributed by atoms with van der Waals surface area (Å²) in [5.74, 6) is 1.05. The molecule has 1 amide bonds. The monoisotopic (exact) mass is 420 g/mol. The van der Waals surface area contributed by atoms with Gasteiger partial charge in [0.1, 0.15) is 23.9 Å². The zero-order chi connectivity index (χ0) is 21.6. The number of amides is 1. The van der Waals surface area contributed by atoms with Gasteiger partial charge in [0.2, 0.25) is 0 Å². The molecule has 0 atom stereocenters. The van der Waals surface area contributed by atoms with Crippen molar-refractivity contribution in [3.8, 4) is 11.5 Å². The molecule has 0 radical (unpaired) electrons. The number of ether oxygens (including phenoxy) is 2. The number of carbonyl (C=O) groups is 1. The Morgan fingerprint density at radius 2 is 2.00 bits per heavy atom. The average molecular weight is 420 g/mol. The van der Waals surface area contributed by atoms with Crippen molar-refractivity contribution in [2.24, 2.45) is 0 Å². The van der Waals surface area contributed by atoms with Crippen LogP contribution in [-0.4, -0.2) is 31.1 Å². The maximum Gasteiger partial charge on any atom is 0.251 e. The molecular formula is C25H25FN2O3. The zero-order valence-electron chi connectivity index (χ0n) is 17.4. The van der Waals surface area contributed by atoms with Gasteiger partial charge < -0.3 is 14.8 Å². The van der Waals surface area contributed by atoms with Crippen LogP contribution in [0.3, 0.4) is 0 Å². The molecule has 0 unspecified atom stereocenters. The lowest BCUT2D eigenvalue weighted by atomic mass is 10.1. The third kappa shape index (κ3) is 5.22. The molecule has 3 aromatic rings. The smallest absolute Gasteiger partial charge is 0.251 e. The highest BCUT2D eigenvalue weighted by Gasteiger charge is 2.18. The number of nitrogens with zero attached hydrogens (tertiary/aromatic N) is 1. The molecule has 5 nitrogen and oxygen atoms in total. The first-order chi connectivity index (χ1) is 15.1. The van der Waals surface area contributed by atoms with Crippen LogP contribution < -0.4 is 14.8 Å². The van der Waals surface area contributed by atoms with E-state index in [1.54, 1.807) is 31.4 Å². The molecule has 0 aromatic heterocycles. The fourth-order valence-corrected chi connectivity index (χ4v) is 3.67. The molecule has 0 saturated heterocycles. The van der Waals surface area contributed by atoms with E-state index in [0.717, 1.165) is 35.7 Å². The summed E-state index contributed by atoms with van der Waals surface area (Å²) >= 11 is 0. The van der Waals surface area contributed by atoms with Crippen molar-refractivity contribution in [2.75, 3.05) is 20.3 Å². The van der Waals surface area contributed by atoms with Crippen molar-refractivity contribution in [1.82, 2.24) is 10.2 Å². The minimum absolute atomic E-state index is 0.140. The van der Waals surface area contributed by atoms with Crippen molar-refractivity contribution < 1.29 is 18.7 Å². The Labute approximate surface area is 181 Å². The fraction of sp³-hybridized carbons (Fsp3) is 0.240. The highest BCUT2D eigenvalue weighted by atomic mass is 19.1. The minimum Gasteiger partial charge on any atom is -0.497 e. The van der Waals surface area contributed by atoms with Crippen LogP contribution in [-0.2, 0) is 19.6 Å².